The second-order valence-corrected chi connectivity index (χ2v) is 3.91. The molecule has 2 rings (SSSR count). The molecule has 0 spiro atoms. The summed E-state index contributed by atoms with van der Waals surface area (Å²) in [5, 5.41) is 3.11. The van der Waals surface area contributed by atoms with Crippen LogP contribution >= 0.6 is 0 Å². The van der Waals surface area contributed by atoms with Crippen molar-refractivity contribution in [1.82, 2.24) is 9.97 Å². The van der Waals surface area contributed by atoms with Crippen LogP contribution in [0.1, 0.15) is 5.82 Å². The van der Waals surface area contributed by atoms with E-state index in [2.05, 4.69) is 15.3 Å². The van der Waals surface area contributed by atoms with Gasteiger partial charge in [0.05, 0.1) is 5.69 Å². The number of benzene rings is 1. The number of hydrogen-bond acceptors (Lipinski definition) is 4. The van der Waals surface area contributed by atoms with E-state index in [1.807, 2.05) is 13.0 Å². The van der Waals surface area contributed by atoms with Gasteiger partial charge in [0.1, 0.15) is 17.5 Å². The fourth-order valence-corrected chi connectivity index (χ4v) is 1.63. The number of hydrogen-bond donors (Lipinski definition) is 2. The van der Waals surface area contributed by atoms with Gasteiger partial charge in [0.15, 0.2) is 0 Å². The number of halogens is 1. The topological polar surface area (TPSA) is 63.8 Å². The van der Waals surface area contributed by atoms with E-state index < -0.39 is 0 Å². The van der Waals surface area contributed by atoms with Crippen molar-refractivity contribution in [2.75, 3.05) is 18.4 Å². The molecule has 18 heavy (non-hydrogen) atoms. The Bertz CT molecular complexity index is 525. The minimum atomic E-state index is -0.258. The highest BCUT2D eigenvalue weighted by Gasteiger charge is 2.04. The fraction of sp³-hybridized carbons (Fsp3) is 0.231. The Morgan fingerprint density at radius 1 is 1.22 bits per heavy atom. The number of anilines is 1. The van der Waals surface area contributed by atoms with E-state index in [1.165, 1.54) is 12.1 Å². The van der Waals surface area contributed by atoms with Gasteiger partial charge in [0.25, 0.3) is 0 Å². The van der Waals surface area contributed by atoms with E-state index in [1.54, 1.807) is 12.1 Å². The standard InChI is InChI=1S/C13H15FN4/c1-9-17-12(8-13(18-9)16-7-6-15)10-2-4-11(14)5-3-10/h2-5,8H,6-7,15H2,1H3,(H,16,17,18). The number of nitrogens with two attached hydrogens (primary N) is 1. The lowest BCUT2D eigenvalue weighted by atomic mass is 10.1. The Kier molecular flexibility index (Phi) is 3.84. The molecule has 0 saturated carbocycles. The van der Waals surface area contributed by atoms with Gasteiger partial charge < -0.3 is 11.1 Å². The van der Waals surface area contributed by atoms with Crippen molar-refractivity contribution < 1.29 is 4.39 Å². The average Bonchev–Trinajstić information content (AvgIpc) is 2.36. The van der Waals surface area contributed by atoms with Crippen molar-refractivity contribution in [3.63, 3.8) is 0 Å². The molecule has 4 nitrogen and oxygen atoms in total. The molecule has 0 amide bonds. The molecule has 0 saturated heterocycles. The van der Waals surface area contributed by atoms with Crippen molar-refractivity contribution in [3.8, 4) is 11.3 Å². The lowest BCUT2D eigenvalue weighted by molar-refractivity contribution is 0.628. The maximum atomic E-state index is 12.9. The molecular weight excluding hydrogens is 231 g/mol. The summed E-state index contributed by atoms with van der Waals surface area (Å²) < 4.78 is 12.9. The minimum Gasteiger partial charge on any atom is -0.369 e. The van der Waals surface area contributed by atoms with Crippen LogP contribution in [0.15, 0.2) is 30.3 Å². The lowest BCUT2D eigenvalue weighted by Crippen LogP contribution is -2.14. The molecule has 0 atom stereocenters. The van der Waals surface area contributed by atoms with E-state index in [-0.39, 0.29) is 5.82 Å². The van der Waals surface area contributed by atoms with E-state index in [0.29, 0.717) is 18.9 Å². The van der Waals surface area contributed by atoms with Crippen LogP contribution in [0.5, 0.6) is 0 Å². The number of aryl methyl sites for hydroxylation is 1. The molecule has 1 heterocycles. The zero-order valence-electron chi connectivity index (χ0n) is 10.2. The second-order valence-electron chi connectivity index (χ2n) is 3.91. The van der Waals surface area contributed by atoms with Crippen LogP contribution < -0.4 is 11.1 Å². The first-order valence-corrected chi connectivity index (χ1v) is 5.74. The Hall–Kier alpha value is -2.01. The van der Waals surface area contributed by atoms with Gasteiger partial charge in [-0.1, -0.05) is 0 Å². The molecule has 0 bridgehead atoms. The van der Waals surface area contributed by atoms with Crippen molar-refractivity contribution in [1.29, 1.82) is 0 Å². The van der Waals surface area contributed by atoms with E-state index in [4.69, 9.17) is 5.73 Å². The summed E-state index contributed by atoms with van der Waals surface area (Å²) in [6.07, 6.45) is 0. The summed E-state index contributed by atoms with van der Waals surface area (Å²) >= 11 is 0. The van der Waals surface area contributed by atoms with Gasteiger partial charge in [-0.05, 0) is 31.2 Å². The molecule has 2 aromatic rings. The second kappa shape index (κ2) is 5.55. The van der Waals surface area contributed by atoms with Crippen LogP contribution in [-0.4, -0.2) is 23.1 Å². The van der Waals surface area contributed by atoms with Crippen LogP contribution in [0.3, 0.4) is 0 Å². The first kappa shape index (κ1) is 12.4. The van der Waals surface area contributed by atoms with Gasteiger partial charge >= 0.3 is 0 Å². The highest BCUT2D eigenvalue weighted by molar-refractivity contribution is 5.62. The summed E-state index contributed by atoms with van der Waals surface area (Å²) in [5.74, 6) is 1.13. The lowest BCUT2D eigenvalue weighted by Gasteiger charge is -2.07. The van der Waals surface area contributed by atoms with Crippen molar-refractivity contribution in [2.24, 2.45) is 5.73 Å². The SMILES string of the molecule is Cc1nc(NCCN)cc(-c2ccc(F)cc2)n1. The normalized spacial score (nSPS) is 10.4. The third kappa shape index (κ3) is 3.01. The molecule has 0 aliphatic rings. The zero-order chi connectivity index (χ0) is 13.0. The predicted molar refractivity (Wildman–Crippen MR) is 69.7 cm³/mol. The summed E-state index contributed by atoms with van der Waals surface area (Å²) in [5.41, 5.74) is 7.06. The molecule has 0 aliphatic carbocycles. The predicted octanol–water partition coefficient (Wildman–Crippen LogP) is 1.96. The van der Waals surface area contributed by atoms with Gasteiger partial charge in [-0.25, -0.2) is 14.4 Å². The molecule has 0 aliphatic heterocycles. The first-order valence-electron chi connectivity index (χ1n) is 5.74. The molecule has 1 aromatic heterocycles. The number of rotatable bonds is 4. The summed E-state index contributed by atoms with van der Waals surface area (Å²) in [4.78, 5) is 8.60. The quantitative estimate of drug-likeness (QED) is 0.865. The van der Waals surface area contributed by atoms with Crippen LogP contribution in [-0.2, 0) is 0 Å². The van der Waals surface area contributed by atoms with Gasteiger partial charge in [-0.15, -0.1) is 0 Å². The van der Waals surface area contributed by atoms with Gasteiger partial charge in [0, 0.05) is 24.7 Å². The molecule has 5 heteroatoms. The first-order chi connectivity index (χ1) is 8.69. The highest BCUT2D eigenvalue weighted by atomic mass is 19.1. The molecule has 3 N–H and O–H groups in total. The molecule has 0 fully saturated rings. The largest absolute Gasteiger partial charge is 0.369 e. The monoisotopic (exact) mass is 246 g/mol. The molecule has 0 radical (unpaired) electrons. The van der Waals surface area contributed by atoms with Crippen LogP contribution in [0.25, 0.3) is 11.3 Å². The highest BCUT2D eigenvalue weighted by Crippen LogP contribution is 2.20. The Morgan fingerprint density at radius 3 is 2.61 bits per heavy atom. The Labute approximate surface area is 105 Å². The van der Waals surface area contributed by atoms with Gasteiger partial charge in [-0.2, -0.15) is 0 Å². The maximum absolute atomic E-state index is 12.9. The van der Waals surface area contributed by atoms with Gasteiger partial charge in [-0.3, -0.25) is 0 Å². The molecule has 1 aromatic carbocycles. The smallest absolute Gasteiger partial charge is 0.130 e. The zero-order valence-corrected chi connectivity index (χ0v) is 10.2. The minimum absolute atomic E-state index is 0.258. The van der Waals surface area contributed by atoms with E-state index >= 15 is 0 Å². The van der Waals surface area contributed by atoms with E-state index in [0.717, 1.165) is 17.1 Å². The fourth-order valence-electron chi connectivity index (χ4n) is 1.63. The summed E-state index contributed by atoms with van der Waals surface area (Å²) in [7, 11) is 0. The maximum Gasteiger partial charge on any atom is 0.130 e. The van der Waals surface area contributed by atoms with Crippen LogP contribution in [0.4, 0.5) is 10.2 Å². The van der Waals surface area contributed by atoms with Gasteiger partial charge in [0.2, 0.25) is 0 Å². The molecule has 0 unspecified atom stereocenters. The third-order valence-corrected chi connectivity index (χ3v) is 2.43. The van der Waals surface area contributed by atoms with E-state index in [9.17, 15) is 4.39 Å². The van der Waals surface area contributed by atoms with Crippen molar-refractivity contribution >= 4 is 5.82 Å². The Morgan fingerprint density at radius 2 is 1.94 bits per heavy atom. The number of aromatic nitrogens is 2. The van der Waals surface area contributed by atoms with Crippen LogP contribution in [0, 0.1) is 12.7 Å². The number of nitrogens with zero attached hydrogens (tertiary/aromatic N) is 2. The summed E-state index contributed by atoms with van der Waals surface area (Å²) in [6, 6.07) is 8.06. The number of nitrogens with one attached hydrogen (secondary N) is 1. The van der Waals surface area contributed by atoms with Crippen molar-refractivity contribution in [3.05, 3.63) is 42.0 Å². The Balaban J connectivity index is 2.32. The molecular formula is C13H15FN4. The summed E-state index contributed by atoms with van der Waals surface area (Å²) in [6.45, 7) is 3.01. The molecule has 94 valence electrons. The third-order valence-electron chi connectivity index (χ3n) is 2.43. The van der Waals surface area contributed by atoms with Crippen LogP contribution in [0.2, 0.25) is 0 Å². The van der Waals surface area contributed by atoms with Crippen molar-refractivity contribution in [2.45, 2.75) is 6.92 Å². The average molecular weight is 246 g/mol.